The molecule has 0 spiro atoms. The molecule has 3 rings (SSSR count). The summed E-state index contributed by atoms with van der Waals surface area (Å²) < 4.78 is 42.5. The highest BCUT2D eigenvalue weighted by Crippen LogP contribution is 2.31. The van der Waals surface area contributed by atoms with Gasteiger partial charge in [-0.05, 0) is 48.1 Å². The molecule has 0 saturated carbocycles. The Morgan fingerprint density at radius 1 is 1.19 bits per heavy atom. The Labute approximate surface area is 185 Å². The summed E-state index contributed by atoms with van der Waals surface area (Å²) in [4.78, 5) is 24.0. The average molecular weight is 466 g/mol. The van der Waals surface area contributed by atoms with Crippen LogP contribution >= 0.6 is 11.3 Å². The fraction of sp³-hybridized carbons (Fsp3) is 0.333. The van der Waals surface area contributed by atoms with Gasteiger partial charge in [0.05, 0.1) is 20.1 Å². The Kier molecular flexibility index (Phi) is 7.47. The maximum absolute atomic E-state index is 12.8. The van der Waals surface area contributed by atoms with Crippen LogP contribution in [0.15, 0.2) is 46.0 Å². The third-order valence-electron chi connectivity index (χ3n) is 4.82. The van der Waals surface area contributed by atoms with E-state index in [4.69, 9.17) is 9.47 Å². The lowest BCUT2D eigenvalue weighted by atomic mass is 10.00. The van der Waals surface area contributed by atoms with Crippen molar-refractivity contribution in [3.05, 3.63) is 47.4 Å². The van der Waals surface area contributed by atoms with Crippen molar-refractivity contribution in [3.63, 3.8) is 0 Å². The van der Waals surface area contributed by atoms with Gasteiger partial charge in [0, 0.05) is 19.2 Å². The first-order valence-corrected chi connectivity index (χ1v) is 11.9. The zero-order valence-electron chi connectivity index (χ0n) is 17.1. The number of sulfonamides is 1. The number of piperidine rings is 1. The molecule has 0 aliphatic carbocycles. The van der Waals surface area contributed by atoms with Gasteiger partial charge in [0.1, 0.15) is 4.21 Å². The van der Waals surface area contributed by atoms with Crippen LogP contribution < -0.4 is 9.47 Å². The monoisotopic (exact) mass is 465 g/mol. The Morgan fingerprint density at radius 2 is 2.00 bits per heavy atom. The maximum atomic E-state index is 12.8. The van der Waals surface area contributed by atoms with Gasteiger partial charge in [0.25, 0.3) is 10.0 Å². The van der Waals surface area contributed by atoms with Crippen LogP contribution in [0.4, 0.5) is 0 Å². The van der Waals surface area contributed by atoms with Gasteiger partial charge in [-0.2, -0.15) is 4.31 Å². The highest BCUT2D eigenvalue weighted by molar-refractivity contribution is 7.91. The number of esters is 2. The smallest absolute Gasteiger partial charge is 0.330 e. The van der Waals surface area contributed by atoms with Crippen molar-refractivity contribution in [2.45, 2.75) is 17.1 Å². The molecule has 166 valence electrons. The normalized spacial score (nSPS) is 17.4. The molecule has 1 atom stereocenters. The topological polar surface area (TPSA) is 99.2 Å². The van der Waals surface area contributed by atoms with Crippen molar-refractivity contribution >= 4 is 39.4 Å². The molecule has 0 bridgehead atoms. The van der Waals surface area contributed by atoms with Crippen molar-refractivity contribution in [1.29, 1.82) is 0 Å². The van der Waals surface area contributed by atoms with Crippen LogP contribution in [0.3, 0.4) is 0 Å². The van der Waals surface area contributed by atoms with E-state index in [1.54, 1.807) is 41.8 Å². The number of benzene rings is 1. The zero-order chi connectivity index (χ0) is 22.4. The summed E-state index contributed by atoms with van der Waals surface area (Å²) in [6, 6.07) is 8.10. The van der Waals surface area contributed by atoms with Crippen molar-refractivity contribution in [3.8, 4) is 11.5 Å². The van der Waals surface area contributed by atoms with E-state index in [-0.39, 0.29) is 16.5 Å². The average Bonchev–Trinajstić information content (AvgIpc) is 3.34. The van der Waals surface area contributed by atoms with E-state index in [1.165, 1.54) is 24.6 Å². The van der Waals surface area contributed by atoms with Crippen molar-refractivity contribution in [2.75, 3.05) is 27.3 Å². The molecular weight excluding hydrogens is 442 g/mol. The lowest BCUT2D eigenvalue weighted by Gasteiger charge is -2.30. The minimum atomic E-state index is -3.62. The number of nitrogens with zero attached hydrogens (tertiary/aromatic N) is 1. The Balaban J connectivity index is 1.70. The molecule has 1 aromatic carbocycles. The molecule has 8 nitrogen and oxygen atoms in total. The summed E-state index contributed by atoms with van der Waals surface area (Å²) in [7, 11) is -0.892. The third-order valence-corrected chi connectivity index (χ3v) is 8.06. The molecule has 1 unspecified atom stereocenters. The molecule has 0 N–H and O–H groups in total. The molecule has 0 radical (unpaired) electrons. The van der Waals surface area contributed by atoms with E-state index >= 15 is 0 Å². The third kappa shape index (κ3) is 5.52. The van der Waals surface area contributed by atoms with Gasteiger partial charge in [-0.1, -0.05) is 12.1 Å². The molecular formula is C21H23NO7S2. The van der Waals surface area contributed by atoms with Crippen LogP contribution in [0, 0.1) is 5.92 Å². The van der Waals surface area contributed by atoms with E-state index in [9.17, 15) is 18.0 Å². The molecule has 1 aromatic heterocycles. The van der Waals surface area contributed by atoms with Gasteiger partial charge in [-0.3, -0.25) is 4.79 Å². The molecule has 2 aromatic rings. The fourth-order valence-corrected chi connectivity index (χ4v) is 5.86. The Hall–Kier alpha value is -2.69. The van der Waals surface area contributed by atoms with E-state index in [0.717, 1.165) is 11.3 Å². The minimum Gasteiger partial charge on any atom is -0.493 e. The van der Waals surface area contributed by atoms with Crippen molar-refractivity contribution in [1.82, 2.24) is 4.31 Å². The molecule has 0 amide bonds. The van der Waals surface area contributed by atoms with Crippen LogP contribution in [0.1, 0.15) is 18.4 Å². The second kappa shape index (κ2) is 10.1. The van der Waals surface area contributed by atoms with Gasteiger partial charge < -0.3 is 14.2 Å². The number of carbonyl (C=O) groups is 2. The zero-order valence-corrected chi connectivity index (χ0v) is 18.8. The van der Waals surface area contributed by atoms with Crippen LogP contribution in [0.2, 0.25) is 0 Å². The molecule has 1 saturated heterocycles. The SMILES string of the molecule is COC(=O)/C=C/c1ccc(OC(=O)C2CCCN(S(=O)(=O)c3cccs3)C2)c(OC)c1. The Morgan fingerprint density at radius 3 is 2.68 bits per heavy atom. The van der Waals surface area contributed by atoms with Gasteiger partial charge in [-0.15, -0.1) is 11.3 Å². The maximum Gasteiger partial charge on any atom is 0.330 e. The number of rotatable bonds is 7. The summed E-state index contributed by atoms with van der Waals surface area (Å²) in [5.74, 6) is -1.04. The first-order valence-electron chi connectivity index (χ1n) is 9.54. The predicted molar refractivity (Wildman–Crippen MR) is 115 cm³/mol. The summed E-state index contributed by atoms with van der Waals surface area (Å²) in [5, 5.41) is 1.71. The van der Waals surface area contributed by atoms with Crippen LogP contribution in [-0.2, 0) is 24.3 Å². The summed E-state index contributed by atoms with van der Waals surface area (Å²) in [5.41, 5.74) is 0.660. The summed E-state index contributed by atoms with van der Waals surface area (Å²) in [6.45, 7) is 0.440. The summed E-state index contributed by atoms with van der Waals surface area (Å²) >= 11 is 1.15. The van der Waals surface area contributed by atoms with Crippen LogP contribution in [0.5, 0.6) is 11.5 Å². The quantitative estimate of drug-likeness (QED) is 0.352. The van der Waals surface area contributed by atoms with Gasteiger partial charge in [-0.25, -0.2) is 13.2 Å². The minimum absolute atomic E-state index is 0.0708. The number of ether oxygens (including phenoxy) is 3. The van der Waals surface area contributed by atoms with E-state index in [0.29, 0.717) is 30.7 Å². The second-order valence-electron chi connectivity index (χ2n) is 6.82. The van der Waals surface area contributed by atoms with E-state index in [1.807, 2.05) is 0 Å². The highest BCUT2D eigenvalue weighted by Gasteiger charge is 2.35. The van der Waals surface area contributed by atoms with Gasteiger partial charge >= 0.3 is 11.9 Å². The molecule has 31 heavy (non-hydrogen) atoms. The molecule has 1 fully saturated rings. The first-order chi connectivity index (χ1) is 14.8. The van der Waals surface area contributed by atoms with Gasteiger partial charge in [0.2, 0.25) is 0 Å². The van der Waals surface area contributed by atoms with Crippen LogP contribution in [0.25, 0.3) is 6.08 Å². The lowest BCUT2D eigenvalue weighted by molar-refractivity contribution is -0.140. The molecule has 1 aliphatic heterocycles. The van der Waals surface area contributed by atoms with Crippen molar-refractivity contribution in [2.24, 2.45) is 5.92 Å². The number of methoxy groups -OCH3 is 2. The Bertz CT molecular complexity index is 1060. The largest absolute Gasteiger partial charge is 0.493 e. The number of carbonyl (C=O) groups excluding carboxylic acids is 2. The number of hydrogen-bond donors (Lipinski definition) is 0. The fourth-order valence-electron chi connectivity index (χ4n) is 3.19. The lowest BCUT2D eigenvalue weighted by Crippen LogP contribution is -2.43. The van der Waals surface area contributed by atoms with Crippen LogP contribution in [-0.4, -0.2) is 52.0 Å². The molecule has 1 aliphatic rings. The van der Waals surface area contributed by atoms with E-state index in [2.05, 4.69) is 4.74 Å². The number of thiophene rings is 1. The van der Waals surface area contributed by atoms with Crippen molar-refractivity contribution < 1.29 is 32.2 Å². The van der Waals surface area contributed by atoms with Gasteiger partial charge in [0.15, 0.2) is 11.5 Å². The molecule has 10 heteroatoms. The first kappa shape index (κ1) is 23.0. The predicted octanol–water partition coefficient (Wildman–Crippen LogP) is 2.95. The summed E-state index contributed by atoms with van der Waals surface area (Å²) in [6.07, 6.45) is 3.93. The number of hydrogen-bond acceptors (Lipinski definition) is 8. The second-order valence-corrected chi connectivity index (χ2v) is 9.93. The molecule has 2 heterocycles. The standard InChI is InChI=1S/C21H23NO7S2/c1-27-18-13-15(8-10-19(23)28-2)7-9-17(18)29-21(24)16-5-3-11-22(14-16)31(25,26)20-6-4-12-30-20/h4,6-10,12-13,16H,3,5,11,14H2,1-2H3/b10-8+. The highest BCUT2D eigenvalue weighted by atomic mass is 32.2. The van der Waals surface area contributed by atoms with E-state index < -0.39 is 27.9 Å².